The molecule has 0 fully saturated rings. The van der Waals surface area contributed by atoms with E-state index in [0.29, 0.717) is 46.1 Å². The smallest absolute Gasteiger partial charge is 0.376 e. The molecular formula is C44H30F7N5O5S3. The van der Waals surface area contributed by atoms with Gasteiger partial charge in [-0.15, -0.1) is 0 Å². The topological polar surface area (TPSA) is 140 Å². The molecule has 0 bridgehead atoms. The highest BCUT2D eigenvalue weighted by molar-refractivity contribution is 7.88. The van der Waals surface area contributed by atoms with Crippen molar-refractivity contribution in [3.63, 3.8) is 0 Å². The Labute approximate surface area is 368 Å². The van der Waals surface area contributed by atoms with Crippen molar-refractivity contribution in [3.05, 3.63) is 154 Å². The summed E-state index contributed by atoms with van der Waals surface area (Å²) in [6, 6.07) is 22.1. The third-order valence-corrected chi connectivity index (χ3v) is 13.1. The van der Waals surface area contributed by atoms with Crippen molar-refractivity contribution in [3.8, 4) is 37.9 Å². The van der Waals surface area contributed by atoms with Crippen LogP contribution in [0.15, 0.2) is 97.2 Å². The number of rotatable bonds is 7. The number of carbonyl (C=O) groups is 2. The maximum atomic E-state index is 14.0. The van der Waals surface area contributed by atoms with E-state index in [-0.39, 0.29) is 5.13 Å². The van der Waals surface area contributed by atoms with Crippen molar-refractivity contribution in [2.75, 3.05) is 10.6 Å². The summed E-state index contributed by atoms with van der Waals surface area (Å²) >= 11 is 2.26. The number of anilines is 2. The second kappa shape index (κ2) is 17.9. The fourth-order valence-electron chi connectivity index (χ4n) is 7.12. The average Bonchev–Trinajstić information content (AvgIpc) is 3.74. The Morgan fingerprint density at radius 2 is 1.12 bits per heavy atom. The standard InChI is InChI=1S/C24H17F2N3OS.C20H13F5N2O4S2/c25-17-6-4-7-18(26)21(17)23(30)29-24-28-20-9-3-5-14-10-11-15(13-16(14)22(20)31-24)19-8-1-2-12-27-19;21-13-4-2-5-14(22)16(13)18(28)27-19-26-15-6-1-3-10-7-8-11(9-12(10)17(15)32-19)31-33(29,30)20(23,24)25/h1-2,4,6-8,10-13H,3,5,9H2,(H,28,29,30);2,4-5,7-9H,1,3,6H2,(H,26,27,28). The van der Waals surface area contributed by atoms with Gasteiger partial charge in [-0.25, -0.2) is 27.5 Å². The zero-order valence-corrected chi connectivity index (χ0v) is 35.2. The normalized spacial score (nSPS) is 13.1. The van der Waals surface area contributed by atoms with Crippen LogP contribution >= 0.6 is 22.7 Å². The third-order valence-electron chi connectivity index (χ3n) is 10.1. The molecule has 4 aromatic carbocycles. The number of halogens is 7. The number of benzene rings is 4. The first-order valence-electron chi connectivity index (χ1n) is 19.2. The van der Waals surface area contributed by atoms with Crippen LogP contribution < -0.4 is 14.8 Å². The lowest BCUT2D eigenvalue weighted by Crippen LogP contribution is -2.28. The Balaban J connectivity index is 0.000000175. The first-order chi connectivity index (χ1) is 30.6. The fourth-order valence-corrected chi connectivity index (χ4v) is 9.69. The van der Waals surface area contributed by atoms with Gasteiger partial charge in [0.05, 0.1) is 26.8 Å². The Morgan fingerprint density at radius 3 is 1.61 bits per heavy atom. The van der Waals surface area contributed by atoms with Crippen molar-refractivity contribution in [2.24, 2.45) is 0 Å². The van der Waals surface area contributed by atoms with E-state index in [0.717, 1.165) is 100 Å². The van der Waals surface area contributed by atoms with Crippen LogP contribution in [-0.4, -0.2) is 40.7 Å². The molecule has 0 saturated carbocycles. The number of aromatic nitrogens is 3. The van der Waals surface area contributed by atoms with Gasteiger partial charge in [0.1, 0.15) is 40.1 Å². The van der Waals surface area contributed by atoms with E-state index in [9.17, 15) is 48.7 Å². The Morgan fingerprint density at radius 1 is 0.625 bits per heavy atom. The molecule has 0 spiro atoms. The molecule has 0 saturated heterocycles. The van der Waals surface area contributed by atoms with E-state index < -0.39 is 67.6 Å². The van der Waals surface area contributed by atoms with Crippen molar-refractivity contribution < 1.29 is 52.9 Å². The average molecular weight is 938 g/mol. The Kier molecular flexibility index (Phi) is 12.4. The molecule has 9 rings (SSSR count). The zero-order chi connectivity index (χ0) is 45.3. The van der Waals surface area contributed by atoms with Gasteiger partial charge in [0.15, 0.2) is 10.3 Å². The largest absolute Gasteiger partial charge is 0.534 e. The van der Waals surface area contributed by atoms with Crippen LogP contribution in [0.2, 0.25) is 0 Å². The number of carbonyl (C=O) groups excluding carboxylic acids is 2. The molecule has 2 aliphatic rings. The monoisotopic (exact) mass is 937 g/mol. The molecule has 20 heteroatoms. The SMILES string of the molecule is O=C(Nc1nc2c(s1)-c1cc(-c3ccccn3)ccc1CCC2)c1c(F)cccc1F.O=C(Nc1nc2c(s1)-c1cc(OS(=O)(=O)C(F)(F)F)ccc1CCC2)c1c(F)cccc1F. The van der Waals surface area contributed by atoms with Gasteiger partial charge in [-0.05, 0) is 110 Å². The van der Waals surface area contributed by atoms with Crippen LogP contribution in [0.3, 0.4) is 0 Å². The number of fused-ring (bicyclic) bond motifs is 6. The van der Waals surface area contributed by atoms with Crippen LogP contribution in [0.1, 0.15) is 56.1 Å². The number of nitrogens with one attached hydrogen (secondary N) is 2. The number of nitrogens with zero attached hydrogens (tertiary/aromatic N) is 3. The first kappa shape index (κ1) is 44.1. The lowest BCUT2D eigenvalue weighted by Gasteiger charge is -2.12. The molecule has 10 nitrogen and oxygen atoms in total. The van der Waals surface area contributed by atoms with Crippen LogP contribution in [0, 0.1) is 23.3 Å². The van der Waals surface area contributed by atoms with E-state index in [1.165, 1.54) is 29.0 Å². The van der Waals surface area contributed by atoms with Crippen LogP contribution in [-0.2, 0) is 35.8 Å². The minimum absolute atomic E-state index is 0.0229. The molecule has 3 aromatic heterocycles. The van der Waals surface area contributed by atoms with Gasteiger partial charge in [-0.3, -0.25) is 25.2 Å². The fraction of sp³-hybridized carbons (Fsp3) is 0.159. The van der Waals surface area contributed by atoms with E-state index in [2.05, 4.69) is 48.0 Å². The number of hydrogen-bond donors (Lipinski definition) is 2. The van der Waals surface area contributed by atoms with Gasteiger partial charge in [-0.2, -0.15) is 21.6 Å². The van der Waals surface area contributed by atoms with E-state index >= 15 is 0 Å². The van der Waals surface area contributed by atoms with Crippen molar-refractivity contribution in [1.29, 1.82) is 0 Å². The van der Waals surface area contributed by atoms with Crippen LogP contribution in [0.5, 0.6) is 5.75 Å². The maximum Gasteiger partial charge on any atom is 0.534 e. The van der Waals surface area contributed by atoms with Gasteiger partial charge < -0.3 is 4.18 Å². The number of amides is 2. The molecule has 0 aliphatic heterocycles. The van der Waals surface area contributed by atoms with E-state index in [1.807, 2.05) is 18.2 Å². The van der Waals surface area contributed by atoms with Crippen LogP contribution in [0.4, 0.5) is 41.0 Å². The van der Waals surface area contributed by atoms with Crippen LogP contribution in [0.25, 0.3) is 32.1 Å². The van der Waals surface area contributed by atoms with Crippen molar-refractivity contribution >= 4 is 54.9 Å². The second-order valence-electron chi connectivity index (χ2n) is 14.3. The zero-order valence-electron chi connectivity index (χ0n) is 32.7. The maximum absolute atomic E-state index is 14.0. The summed E-state index contributed by atoms with van der Waals surface area (Å²) in [5.41, 5.74) is -0.337. The van der Waals surface area contributed by atoms with Crippen molar-refractivity contribution in [2.45, 2.75) is 44.0 Å². The quantitative estimate of drug-likeness (QED) is 0.0915. The molecule has 0 unspecified atom stereocenters. The summed E-state index contributed by atoms with van der Waals surface area (Å²) in [7, 11) is -5.85. The van der Waals surface area contributed by atoms with Gasteiger partial charge in [0.2, 0.25) is 0 Å². The van der Waals surface area contributed by atoms with E-state index in [4.69, 9.17) is 0 Å². The summed E-state index contributed by atoms with van der Waals surface area (Å²) < 4.78 is 121. The highest BCUT2D eigenvalue weighted by Crippen LogP contribution is 2.42. The lowest BCUT2D eigenvalue weighted by molar-refractivity contribution is -0.0500. The predicted octanol–water partition coefficient (Wildman–Crippen LogP) is 10.9. The van der Waals surface area contributed by atoms with E-state index in [1.54, 1.807) is 6.20 Å². The molecule has 2 aliphatic carbocycles. The van der Waals surface area contributed by atoms with Gasteiger partial charge in [-0.1, -0.05) is 59.1 Å². The van der Waals surface area contributed by atoms with Gasteiger partial charge in [0.25, 0.3) is 11.8 Å². The van der Waals surface area contributed by atoms with Crippen molar-refractivity contribution in [1.82, 2.24) is 15.0 Å². The highest BCUT2D eigenvalue weighted by Gasteiger charge is 2.48. The molecule has 3 heterocycles. The lowest BCUT2D eigenvalue weighted by atomic mass is 9.99. The molecule has 328 valence electrons. The molecule has 0 radical (unpaired) electrons. The minimum Gasteiger partial charge on any atom is -0.376 e. The minimum atomic E-state index is -5.85. The number of thiazole rings is 2. The first-order valence-corrected chi connectivity index (χ1v) is 22.3. The predicted molar refractivity (Wildman–Crippen MR) is 227 cm³/mol. The second-order valence-corrected chi connectivity index (χ2v) is 17.8. The van der Waals surface area contributed by atoms with Gasteiger partial charge in [0, 0.05) is 17.3 Å². The summed E-state index contributed by atoms with van der Waals surface area (Å²) in [6.45, 7) is 0. The number of aryl methyl sites for hydroxylation is 4. The molecule has 7 aromatic rings. The number of hydrogen-bond acceptors (Lipinski definition) is 10. The summed E-state index contributed by atoms with van der Waals surface area (Å²) in [6.07, 6.45) is 6.03. The summed E-state index contributed by atoms with van der Waals surface area (Å²) in [5.74, 6) is -6.34. The van der Waals surface area contributed by atoms with Gasteiger partial charge >= 0.3 is 15.6 Å². The number of alkyl halides is 3. The number of pyridine rings is 1. The third kappa shape index (κ3) is 9.25. The Bertz CT molecular complexity index is 3010. The molecule has 2 amide bonds. The Hall–Kier alpha value is -6.51. The molecular weight excluding hydrogens is 908 g/mol. The molecule has 64 heavy (non-hydrogen) atoms. The molecule has 2 N–H and O–H groups in total. The molecule has 0 atom stereocenters. The highest BCUT2D eigenvalue weighted by atomic mass is 32.2. The summed E-state index contributed by atoms with van der Waals surface area (Å²) in [5, 5.41) is 5.25. The summed E-state index contributed by atoms with van der Waals surface area (Å²) in [4.78, 5) is 39.6.